The molecule has 162 valence electrons. The predicted molar refractivity (Wildman–Crippen MR) is 121 cm³/mol. The fourth-order valence-electron chi connectivity index (χ4n) is 5.88. The fraction of sp³-hybridized carbons (Fsp3) is 0.538. The van der Waals surface area contributed by atoms with E-state index in [-0.39, 0.29) is 17.2 Å². The number of phenols is 1. The number of likely N-dealkylation sites (tertiary alicyclic amines) is 1. The van der Waals surface area contributed by atoms with Crippen LogP contribution in [0, 0.1) is 5.92 Å². The maximum atomic E-state index is 11.9. The van der Waals surface area contributed by atoms with E-state index < -0.39 is 5.60 Å². The van der Waals surface area contributed by atoms with Crippen LogP contribution in [0.15, 0.2) is 54.6 Å². The van der Waals surface area contributed by atoms with Crippen LogP contribution in [0.5, 0.6) is 5.75 Å². The molecule has 0 radical (unpaired) electrons. The van der Waals surface area contributed by atoms with Crippen LogP contribution in [0.25, 0.3) is 0 Å². The van der Waals surface area contributed by atoms with Crippen LogP contribution < -0.4 is 0 Å². The fourth-order valence-corrected chi connectivity index (χ4v) is 5.88. The second kappa shape index (κ2) is 8.70. The minimum atomic E-state index is -0.925. The first-order valence-electron chi connectivity index (χ1n) is 11.4. The van der Waals surface area contributed by atoms with Crippen LogP contribution in [0.3, 0.4) is 0 Å². The summed E-state index contributed by atoms with van der Waals surface area (Å²) in [6.45, 7) is 2.54. The maximum Gasteiger partial charge on any atom is 0.115 e. The number of rotatable bonds is 5. The van der Waals surface area contributed by atoms with Crippen molar-refractivity contribution in [3.8, 4) is 5.75 Å². The Labute approximate surface area is 181 Å². The van der Waals surface area contributed by atoms with Crippen molar-refractivity contribution in [2.24, 2.45) is 5.92 Å². The zero-order valence-corrected chi connectivity index (χ0v) is 18.4. The molecule has 2 atom stereocenters. The highest BCUT2D eigenvalue weighted by Gasteiger charge is 2.49. The van der Waals surface area contributed by atoms with Crippen molar-refractivity contribution in [3.05, 3.63) is 65.7 Å². The van der Waals surface area contributed by atoms with Crippen molar-refractivity contribution in [2.75, 3.05) is 33.7 Å². The SMILES string of the molecule is CN(C)CC1CN(C2(c3ccccc3)CCCCC2)CCC1(O)c1cccc(O)c1. The molecule has 2 aromatic rings. The van der Waals surface area contributed by atoms with E-state index in [0.717, 1.165) is 25.2 Å². The van der Waals surface area contributed by atoms with Crippen molar-refractivity contribution in [3.63, 3.8) is 0 Å². The molecular formula is C26H36N2O2. The van der Waals surface area contributed by atoms with Gasteiger partial charge in [0, 0.05) is 31.1 Å². The third kappa shape index (κ3) is 4.01. The van der Waals surface area contributed by atoms with E-state index in [1.54, 1.807) is 12.1 Å². The smallest absolute Gasteiger partial charge is 0.115 e. The van der Waals surface area contributed by atoms with E-state index in [2.05, 4.69) is 54.2 Å². The Kier molecular flexibility index (Phi) is 6.19. The molecule has 1 heterocycles. The zero-order valence-electron chi connectivity index (χ0n) is 18.4. The Morgan fingerprint density at radius 3 is 2.30 bits per heavy atom. The highest BCUT2D eigenvalue weighted by Crippen LogP contribution is 2.47. The van der Waals surface area contributed by atoms with E-state index in [4.69, 9.17) is 0 Å². The Bertz CT molecular complexity index is 832. The highest BCUT2D eigenvalue weighted by atomic mass is 16.3. The number of benzene rings is 2. The number of aromatic hydroxyl groups is 1. The van der Waals surface area contributed by atoms with Crippen LogP contribution in [-0.4, -0.2) is 53.7 Å². The summed E-state index contributed by atoms with van der Waals surface area (Å²) < 4.78 is 0. The monoisotopic (exact) mass is 408 g/mol. The normalized spacial score (nSPS) is 27.3. The van der Waals surface area contributed by atoms with Gasteiger partial charge in [-0.3, -0.25) is 4.90 Å². The molecule has 0 amide bonds. The zero-order chi connectivity index (χ0) is 21.2. The number of hydrogen-bond donors (Lipinski definition) is 2. The summed E-state index contributed by atoms with van der Waals surface area (Å²) in [5.41, 5.74) is 1.42. The van der Waals surface area contributed by atoms with Crippen molar-refractivity contribution in [1.82, 2.24) is 9.80 Å². The first kappa shape index (κ1) is 21.4. The molecule has 1 aliphatic heterocycles. The predicted octanol–water partition coefficient (Wildman–Crippen LogP) is 4.32. The third-order valence-electron chi connectivity index (χ3n) is 7.41. The molecule has 0 aromatic heterocycles. The Morgan fingerprint density at radius 1 is 0.933 bits per heavy atom. The lowest BCUT2D eigenvalue weighted by atomic mass is 9.70. The lowest BCUT2D eigenvalue weighted by Gasteiger charge is -2.54. The van der Waals surface area contributed by atoms with Gasteiger partial charge in [0.15, 0.2) is 0 Å². The molecule has 1 aliphatic carbocycles. The topological polar surface area (TPSA) is 46.9 Å². The van der Waals surface area contributed by atoms with E-state index in [9.17, 15) is 10.2 Å². The molecule has 2 aromatic carbocycles. The van der Waals surface area contributed by atoms with Crippen LogP contribution in [0.1, 0.15) is 49.7 Å². The quantitative estimate of drug-likeness (QED) is 0.773. The lowest BCUT2D eigenvalue weighted by Crippen LogP contribution is -2.59. The van der Waals surface area contributed by atoms with Gasteiger partial charge in [0.1, 0.15) is 5.75 Å². The van der Waals surface area contributed by atoms with Gasteiger partial charge in [-0.2, -0.15) is 0 Å². The Morgan fingerprint density at radius 2 is 1.63 bits per heavy atom. The van der Waals surface area contributed by atoms with Crippen LogP contribution >= 0.6 is 0 Å². The standard InChI is InChI=1S/C26H36N2O2/c1-27(2)19-23-20-28(17-16-26(23,30)22-12-9-13-24(29)18-22)25(14-7-4-8-15-25)21-10-5-3-6-11-21/h3,5-6,9-13,18,23,29-30H,4,7-8,14-17,19-20H2,1-2H3. The van der Waals surface area contributed by atoms with Gasteiger partial charge in [0.2, 0.25) is 0 Å². The number of aliphatic hydroxyl groups is 1. The molecule has 2 fully saturated rings. The first-order chi connectivity index (χ1) is 14.4. The van der Waals surface area contributed by atoms with Gasteiger partial charge in [-0.15, -0.1) is 0 Å². The molecule has 2 unspecified atom stereocenters. The maximum absolute atomic E-state index is 11.9. The molecule has 1 saturated carbocycles. The highest BCUT2D eigenvalue weighted by molar-refractivity contribution is 5.33. The average molecular weight is 409 g/mol. The number of nitrogens with zero attached hydrogens (tertiary/aromatic N) is 2. The van der Waals surface area contributed by atoms with Gasteiger partial charge < -0.3 is 15.1 Å². The summed E-state index contributed by atoms with van der Waals surface area (Å²) in [6.07, 6.45) is 6.91. The molecule has 4 rings (SSSR count). The molecule has 4 heteroatoms. The molecule has 30 heavy (non-hydrogen) atoms. The van der Waals surface area contributed by atoms with E-state index in [1.165, 1.54) is 37.7 Å². The molecule has 0 bridgehead atoms. The number of phenolic OH excluding ortho intramolecular Hbond substituents is 1. The van der Waals surface area contributed by atoms with Crippen molar-refractivity contribution in [2.45, 2.75) is 49.7 Å². The van der Waals surface area contributed by atoms with Gasteiger partial charge in [-0.05, 0) is 56.6 Å². The minimum Gasteiger partial charge on any atom is -0.508 e. The molecule has 2 aliphatic rings. The number of piperidine rings is 1. The summed E-state index contributed by atoms with van der Waals surface area (Å²) in [6, 6.07) is 18.2. The van der Waals surface area contributed by atoms with Crippen LogP contribution in [0.4, 0.5) is 0 Å². The summed E-state index contributed by atoms with van der Waals surface area (Å²) >= 11 is 0. The second-order valence-electron chi connectivity index (χ2n) is 9.59. The van der Waals surface area contributed by atoms with Crippen molar-refractivity contribution in [1.29, 1.82) is 0 Å². The third-order valence-corrected chi connectivity index (χ3v) is 7.41. The van der Waals surface area contributed by atoms with Gasteiger partial charge in [-0.1, -0.05) is 61.7 Å². The van der Waals surface area contributed by atoms with E-state index >= 15 is 0 Å². The van der Waals surface area contributed by atoms with Gasteiger partial charge in [-0.25, -0.2) is 0 Å². The molecular weight excluding hydrogens is 372 g/mol. The van der Waals surface area contributed by atoms with Crippen molar-refractivity contribution < 1.29 is 10.2 Å². The Balaban J connectivity index is 1.68. The van der Waals surface area contributed by atoms with Gasteiger partial charge in [0.25, 0.3) is 0 Å². The summed E-state index contributed by atoms with van der Waals surface area (Å²) in [4.78, 5) is 4.85. The first-order valence-corrected chi connectivity index (χ1v) is 11.4. The molecule has 0 spiro atoms. The molecule has 4 nitrogen and oxygen atoms in total. The average Bonchev–Trinajstić information content (AvgIpc) is 2.76. The molecule has 1 saturated heterocycles. The van der Waals surface area contributed by atoms with Crippen LogP contribution in [0.2, 0.25) is 0 Å². The number of hydrogen-bond acceptors (Lipinski definition) is 4. The largest absolute Gasteiger partial charge is 0.508 e. The molecule has 2 N–H and O–H groups in total. The summed E-state index contributed by atoms with van der Waals surface area (Å²) in [7, 11) is 4.16. The summed E-state index contributed by atoms with van der Waals surface area (Å²) in [5.74, 6) is 0.297. The summed E-state index contributed by atoms with van der Waals surface area (Å²) in [5, 5.41) is 21.9. The minimum absolute atomic E-state index is 0.0736. The van der Waals surface area contributed by atoms with Gasteiger partial charge >= 0.3 is 0 Å². The van der Waals surface area contributed by atoms with E-state index in [0.29, 0.717) is 6.42 Å². The Hall–Kier alpha value is -1.88. The lowest BCUT2D eigenvalue weighted by molar-refractivity contribution is -0.115. The van der Waals surface area contributed by atoms with Crippen molar-refractivity contribution >= 4 is 0 Å². The van der Waals surface area contributed by atoms with Gasteiger partial charge in [0.05, 0.1) is 5.60 Å². The van der Waals surface area contributed by atoms with Crippen LogP contribution in [-0.2, 0) is 11.1 Å². The van der Waals surface area contributed by atoms with E-state index in [1.807, 2.05) is 12.1 Å². The second-order valence-corrected chi connectivity index (χ2v) is 9.59.